The molecule has 0 saturated carbocycles. The maximum absolute atomic E-state index is 12.9. The molecule has 1 aromatic heterocycles. The average molecular weight is 410 g/mol. The average Bonchev–Trinajstić information content (AvgIpc) is 2.91. The zero-order valence-electron chi connectivity index (χ0n) is 11.5. The van der Waals surface area contributed by atoms with E-state index >= 15 is 0 Å². The van der Waals surface area contributed by atoms with Crippen molar-refractivity contribution >= 4 is 27.0 Å². The van der Waals surface area contributed by atoms with Crippen LogP contribution in [0.4, 0.5) is 26.3 Å². The summed E-state index contributed by atoms with van der Waals surface area (Å²) in [4.78, 5) is 3.86. The van der Waals surface area contributed by atoms with Crippen molar-refractivity contribution in [3.8, 4) is 11.1 Å². The zero-order chi connectivity index (χ0) is 17.7. The van der Waals surface area contributed by atoms with Crippen LogP contribution >= 0.6 is 15.9 Å². The van der Waals surface area contributed by atoms with E-state index in [2.05, 4.69) is 20.9 Å². The first-order valence-corrected chi connectivity index (χ1v) is 7.17. The molecule has 0 atom stereocenters. The summed E-state index contributed by atoms with van der Waals surface area (Å²) >= 11 is 3.14. The van der Waals surface area contributed by atoms with Gasteiger partial charge in [-0.25, -0.2) is 4.98 Å². The molecule has 2 aromatic carbocycles. The Morgan fingerprint density at radius 2 is 1.42 bits per heavy atom. The van der Waals surface area contributed by atoms with Crippen LogP contribution in [0.1, 0.15) is 11.1 Å². The molecule has 2 nitrogen and oxygen atoms in total. The Bertz CT molecular complexity index is 880. The molecule has 0 spiro atoms. The quantitative estimate of drug-likeness (QED) is 0.441. The predicted molar refractivity (Wildman–Crippen MR) is 77.1 cm³/mol. The number of halogens is 7. The van der Waals surface area contributed by atoms with E-state index in [1.807, 2.05) is 0 Å². The van der Waals surface area contributed by atoms with Crippen molar-refractivity contribution in [2.24, 2.45) is 0 Å². The molecule has 0 bridgehead atoms. The number of oxazole rings is 1. The fourth-order valence-electron chi connectivity index (χ4n) is 2.21. The highest BCUT2D eigenvalue weighted by molar-refractivity contribution is 9.10. The Labute approximate surface area is 139 Å². The molecule has 0 aliphatic carbocycles. The highest BCUT2D eigenvalue weighted by Crippen LogP contribution is 2.40. The summed E-state index contributed by atoms with van der Waals surface area (Å²) in [5, 5.41) is 0. The molecule has 0 saturated heterocycles. The molecule has 9 heteroatoms. The number of rotatable bonds is 1. The van der Waals surface area contributed by atoms with Gasteiger partial charge in [0.2, 0.25) is 0 Å². The number of benzene rings is 2. The SMILES string of the molecule is FC(F)(F)c1cc(-c2cc3ncoc3cc2Br)cc(C(F)(F)F)c1. The van der Waals surface area contributed by atoms with Crippen molar-refractivity contribution in [2.75, 3.05) is 0 Å². The van der Waals surface area contributed by atoms with E-state index < -0.39 is 23.5 Å². The molecule has 3 aromatic rings. The Hall–Kier alpha value is -2.03. The van der Waals surface area contributed by atoms with Gasteiger partial charge in [0.05, 0.1) is 11.1 Å². The molecule has 0 N–H and O–H groups in total. The van der Waals surface area contributed by atoms with E-state index in [1.165, 1.54) is 12.1 Å². The van der Waals surface area contributed by atoms with Crippen LogP contribution in [0.15, 0.2) is 45.6 Å². The highest BCUT2D eigenvalue weighted by Gasteiger charge is 2.37. The second-order valence-corrected chi connectivity index (χ2v) is 5.80. The van der Waals surface area contributed by atoms with Gasteiger partial charge < -0.3 is 4.42 Å². The maximum Gasteiger partial charge on any atom is 0.416 e. The van der Waals surface area contributed by atoms with Gasteiger partial charge >= 0.3 is 12.4 Å². The second-order valence-electron chi connectivity index (χ2n) is 4.95. The van der Waals surface area contributed by atoms with E-state index in [1.54, 1.807) is 0 Å². The smallest absolute Gasteiger partial charge is 0.416 e. The number of alkyl halides is 6. The summed E-state index contributed by atoms with van der Waals surface area (Å²) in [5.74, 6) is 0. The number of fused-ring (bicyclic) bond motifs is 1. The monoisotopic (exact) mass is 409 g/mol. The number of nitrogens with zero attached hydrogens (tertiary/aromatic N) is 1. The van der Waals surface area contributed by atoms with E-state index in [0.717, 1.165) is 6.39 Å². The van der Waals surface area contributed by atoms with Crippen LogP contribution < -0.4 is 0 Å². The van der Waals surface area contributed by atoms with Gasteiger partial charge in [-0.2, -0.15) is 26.3 Å². The lowest BCUT2D eigenvalue weighted by Crippen LogP contribution is -2.11. The van der Waals surface area contributed by atoms with Crippen LogP contribution in [-0.4, -0.2) is 4.98 Å². The minimum absolute atomic E-state index is 0.0893. The molecule has 0 fully saturated rings. The summed E-state index contributed by atoms with van der Waals surface area (Å²) in [6, 6.07) is 4.22. The lowest BCUT2D eigenvalue weighted by atomic mass is 9.99. The van der Waals surface area contributed by atoms with Crippen LogP contribution in [0, 0.1) is 0 Å². The van der Waals surface area contributed by atoms with Gasteiger partial charge in [0, 0.05) is 4.47 Å². The largest absolute Gasteiger partial charge is 0.443 e. The Balaban J connectivity index is 2.27. The molecule has 0 aliphatic heterocycles. The first-order chi connectivity index (χ1) is 11.1. The molecule has 126 valence electrons. The molecular formula is C15H6BrF6NO. The summed E-state index contributed by atoms with van der Waals surface area (Å²) in [6.45, 7) is 0. The molecule has 0 radical (unpaired) electrons. The summed E-state index contributed by atoms with van der Waals surface area (Å²) < 4.78 is 83.0. The van der Waals surface area contributed by atoms with Crippen LogP contribution in [-0.2, 0) is 12.4 Å². The number of hydrogen-bond acceptors (Lipinski definition) is 2. The standard InChI is InChI=1S/C15H6BrF6NO/c16-11-5-13-12(23-6-24-13)4-10(11)7-1-8(14(17,18)19)3-9(2-7)15(20,21)22/h1-6H. The summed E-state index contributed by atoms with van der Waals surface area (Å²) in [5.41, 5.74) is -2.16. The lowest BCUT2D eigenvalue weighted by molar-refractivity contribution is -0.143. The van der Waals surface area contributed by atoms with Crippen molar-refractivity contribution in [1.29, 1.82) is 0 Å². The molecule has 0 aliphatic rings. The summed E-state index contributed by atoms with van der Waals surface area (Å²) in [6.07, 6.45) is -8.67. The van der Waals surface area contributed by atoms with Crippen molar-refractivity contribution in [3.05, 3.63) is 52.3 Å². The van der Waals surface area contributed by atoms with Crippen LogP contribution in [0.2, 0.25) is 0 Å². The molecular weight excluding hydrogens is 404 g/mol. The topological polar surface area (TPSA) is 26.0 Å². The Morgan fingerprint density at radius 1 is 0.833 bits per heavy atom. The van der Waals surface area contributed by atoms with E-state index in [4.69, 9.17) is 4.42 Å². The predicted octanol–water partition coefficient (Wildman–Crippen LogP) is 6.29. The third-order valence-electron chi connectivity index (χ3n) is 3.32. The van der Waals surface area contributed by atoms with Crippen LogP contribution in [0.3, 0.4) is 0 Å². The van der Waals surface area contributed by atoms with Crippen LogP contribution in [0.25, 0.3) is 22.2 Å². The highest BCUT2D eigenvalue weighted by atomic mass is 79.9. The van der Waals surface area contributed by atoms with Gasteiger partial charge in [0.1, 0.15) is 5.52 Å². The Morgan fingerprint density at radius 3 is 1.96 bits per heavy atom. The van der Waals surface area contributed by atoms with Crippen molar-refractivity contribution in [3.63, 3.8) is 0 Å². The Kier molecular flexibility index (Phi) is 3.86. The van der Waals surface area contributed by atoms with Crippen molar-refractivity contribution in [2.45, 2.75) is 12.4 Å². The third kappa shape index (κ3) is 3.12. The van der Waals surface area contributed by atoms with E-state index in [9.17, 15) is 26.3 Å². The minimum Gasteiger partial charge on any atom is -0.443 e. The molecule has 0 unspecified atom stereocenters. The third-order valence-corrected chi connectivity index (χ3v) is 3.97. The molecule has 3 rings (SSSR count). The van der Waals surface area contributed by atoms with Gasteiger partial charge in [-0.15, -0.1) is 0 Å². The van der Waals surface area contributed by atoms with Gasteiger partial charge in [-0.3, -0.25) is 0 Å². The van der Waals surface area contributed by atoms with Gasteiger partial charge in [-0.05, 0) is 41.5 Å². The maximum atomic E-state index is 12.9. The minimum atomic E-state index is -4.90. The molecule has 0 amide bonds. The normalized spacial score (nSPS) is 12.8. The fraction of sp³-hybridized carbons (Fsp3) is 0.133. The van der Waals surface area contributed by atoms with Crippen molar-refractivity contribution in [1.82, 2.24) is 4.98 Å². The van der Waals surface area contributed by atoms with E-state index in [-0.39, 0.29) is 17.2 Å². The first-order valence-electron chi connectivity index (χ1n) is 6.38. The second kappa shape index (κ2) is 5.51. The zero-order valence-corrected chi connectivity index (χ0v) is 13.1. The number of hydrogen-bond donors (Lipinski definition) is 0. The van der Waals surface area contributed by atoms with Gasteiger partial charge in [0.25, 0.3) is 0 Å². The van der Waals surface area contributed by atoms with Crippen molar-refractivity contribution < 1.29 is 30.8 Å². The van der Waals surface area contributed by atoms with Gasteiger partial charge in [0.15, 0.2) is 12.0 Å². The molecule has 1 heterocycles. The lowest BCUT2D eigenvalue weighted by Gasteiger charge is -2.15. The number of aromatic nitrogens is 1. The first kappa shape index (κ1) is 16.8. The summed E-state index contributed by atoms with van der Waals surface area (Å²) in [7, 11) is 0. The fourth-order valence-corrected chi connectivity index (χ4v) is 2.76. The molecule has 24 heavy (non-hydrogen) atoms. The van der Waals surface area contributed by atoms with Crippen LogP contribution in [0.5, 0.6) is 0 Å². The van der Waals surface area contributed by atoms with Gasteiger partial charge in [-0.1, -0.05) is 15.9 Å². The van der Waals surface area contributed by atoms with E-state index in [0.29, 0.717) is 27.7 Å².